The molecule has 0 radical (unpaired) electrons. The lowest BCUT2D eigenvalue weighted by molar-refractivity contribution is -0.146. The number of carbonyl (C=O) groups is 2. The van der Waals surface area contributed by atoms with E-state index in [4.69, 9.17) is 9.47 Å². The third-order valence-electron chi connectivity index (χ3n) is 3.70. The quantitative estimate of drug-likeness (QED) is 0.384. The van der Waals surface area contributed by atoms with Gasteiger partial charge in [-0.3, -0.25) is 0 Å². The van der Waals surface area contributed by atoms with Crippen LogP contribution in [0.15, 0.2) is 24.3 Å². The van der Waals surface area contributed by atoms with Gasteiger partial charge in [0.05, 0.1) is 13.7 Å². The van der Waals surface area contributed by atoms with Crippen molar-refractivity contribution in [1.29, 1.82) is 0 Å². The molecule has 0 heterocycles. The highest BCUT2D eigenvalue weighted by molar-refractivity contribution is 5.83. The van der Waals surface area contributed by atoms with Crippen molar-refractivity contribution in [1.82, 2.24) is 0 Å². The van der Waals surface area contributed by atoms with E-state index in [-0.39, 0.29) is 0 Å². The predicted octanol–water partition coefficient (Wildman–Crippen LogP) is 3.43. The number of nitrogens with one attached hydrogen (secondary N) is 1. The molecule has 0 saturated carbocycles. The fourth-order valence-electron chi connectivity index (χ4n) is 2.38. The van der Waals surface area contributed by atoms with Gasteiger partial charge in [-0.15, -0.1) is 0 Å². The number of rotatable bonds is 11. The van der Waals surface area contributed by atoms with Gasteiger partial charge >= 0.3 is 5.97 Å². The van der Waals surface area contributed by atoms with Crippen molar-refractivity contribution < 1.29 is 19.1 Å². The molecule has 1 rings (SSSR count). The Kier molecular flexibility index (Phi) is 8.80. The van der Waals surface area contributed by atoms with Crippen molar-refractivity contribution >= 4 is 17.9 Å². The van der Waals surface area contributed by atoms with E-state index in [1.54, 1.807) is 26.2 Å². The Hall–Kier alpha value is -2.04. The summed E-state index contributed by atoms with van der Waals surface area (Å²) in [5, 5.41) is 3.13. The fraction of sp³-hybridized carbons (Fsp3) is 0.556. The van der Waals surface area contributed by atoms with Crippen LogP contribution < -0.4 is 10.1 Å². The molecular weight excluding hydrogens is 294 g/mol. The fourth-order valence-corrected chi connectivity index (χ4v) is 2.38. The van der Waals surface area contributed by atoms with E-state index in [0.29, 0.717) is 13.0 Å². The van der Waals surface area contributed by atoms with Crippen LogP contribution in [0.25, 0.3) is 0 Å². The Balaban J connectivity index is 2.84. The SMILES string of the molecule is CCCCC[C@@H](C=O)[C@H](Nc1ccc(OC)cc1)C(=O)OCC. The first-order valence-corrected chi connectivity index (χ1v) is 8.18. The number of unbranched alkanes of at least 4 members (excludes halogenated alkanes) is 2. The van der Waals surface area contributed by atoms with Crippen LogP contribution in [0.4, 0.5) is 5.69 Å². The molecule has 0 spiro atoms. The van der Waals surface area contributed by atoms with Crippen molar-refractivity contribution in [2.45, 2.75) is 45.6 Å². The zero-order chi connectivity index (χ0) is 17.1. The van der Waals surface area contributed by atoms with E-state index >= 15 is 0 Å². The molecule has 0 saturated heterocycles. The van der Waals surface area contributed by atoms with Gasteiger partial charge in [-0.25, -0.2) is 4.79 Å². The average molecular weight is 321 g/mol. The highest BCUT2D eigenvalue weighted by Crippen LogP contribution is 2.20. The van der Waals surface area contributed by atoms with Crippen LogP contribution in [0, 0.1) is 5.92 Å². The zero-order valence-corrected chi connectivity index (χ0v) is 14.2. The molecule has 0 fully saturated rings. The Morgan fingerprint density at radius 1 is 1.22 bits per heavy atom. The molecule has 0 aliphatic rings. The lowest BCUT2D eigenvalue weighted by Crippen LogP contribution is -2.39. The molecule has 1 aromatic carbocycles. The summed E-state index contributed by atoms with van der Waals surface area (Å²) in [7, 11) is 1.60. The molecule has 128 valence electrons. The largest absolute Gasteiger partial charge is 0.497 e. The normalized spacial score (nSPS) is 13.0. The third-order valence-corrected chi connectivity index (χ3v) is 3.70. The van der Waals surface area contributed by atoms with Crippen molar-refractivity contribution in [3.05, 3.63) is 24.3 Å². The molecule has 0 bridgehead atoms. The number of esters is 1. The number of anilines is 1. The van der Waals surface area contributed by atoms with Gasteiger partial charge in [0.15, 0.2) is 0 Å². The summed E-state index contributed by atoms with van der Waals surface area (Å²) in [4.78, 5) is 23.7. The predicted molar refractivity (Wildman–Crippen MR) is 90.7 cm³/mol. The van der Waals surface area contributed by atoms with E-state index < -0.39 is 17.9 Å². The zero-order valence-electron chi connectivity index (χ0n) is 14.2. The second-order valence-corrected chi connectivity index (χ2v) is 5.40. The first-order chi connectivity index (χ1) is 11.2. The second kappa shape index (κ2) is 10.6. The standard InChI is InChI=1S/C18H27NO4/c1-4-6-7-8-14(13-20)17(18(21)23-5-2)19-15-9-11-16(22-3)12-10-15/h9-14,17,19H,4-8H2,1-3H3/t14-,17-/m0/s1. The molecule has 0 aromatic heterocycles. The minimum atomic E-state index is -0.669. The van der Waals surface area contributed by atoms with Crippen molar-refractivity contribution in [2.24, 2.45) is 5.92 Å². The Labute approximate surface area is 138 Å². The van der Waals surface area contributed by atoms with Crippen LogP contribution in [0.5, 0.6) is 5.75 Å². The Morgan fingerprint density at radius 2 is 1.91 bits per heavy atom. The Bertz CT molecular complexity index is 472. The minimum absolute atomic E-state index is 0.292. The molecular formula is C18H27NO4. The molecule has 23 heavy (non-hydrogen) atoms. The molecule has 0 unspecified atom stereocenters. The van der Waals surface area contributed by atoms with Crippen LogP contribution in [-0.2, 0) is 14.3 Å². The van der Waals surface area contributed by atoms with Crippen LogP contribution in [0.2, 0.25) is 0 Å². The van der Waals surface area contributed by atoms with Gasteiger partial charge in [-0.05, 0) is 37.6 Å². The van der Waals surface area contributed by atoms with Crippen molar-refractivity contribution in [3.8, 4) is 5.75 Å². The number of carbonyl (C=O) groups excluding carboxylic acids is 2. The van der Waals surface area contributed by atoms with E-state index in [2.05, 4.69) is 12.2 Å². The first-order valence-electron chi connectivity index (χ1n) is 8.18. The number of aldehydes is 1. The highest BCUT2D eigenvalue weighted by atomic mass is 16.5. The summed E-state index contributed by atoms with van der Waals surface area (Å²) in [5.41, 5.74) is 0.756. The molecule has 1 N–H and O–H groups in total. The lowest BCUT2D eigenvalue weighted by Gasteiger charge is -2.23. The molecule has 0 amide bonds. The summed E-state index contributed by atoms with van der Waals surface area (Å²) in [6, 6.07) is 6.57. The summed E-state index contributed by atoms with van der Waals surface area (Å²) in [5.74, 6) is -0.0577. The van der Waals surface area contributed by atoms with Crippen molar-refractivity contribution in [3.63, 3.8) is 0 Å². The summed E-state index contributed by atoms with van der Waals surface area (Å²) in [6.07, 6.45) is 4.56. The number of methoxy groups -OCH3 is 1. The van der Waals surface area contributed by atoms with E-state index in [1.165, 1.54) is 0 Å². The Morgan fingerprint density at radius 3 is 2.43 bits per heavy atom. The number of hydrogen-bond donors (Lipinski definition) is 1. The lowest BCUT2D eigenvalue weighted by atomic mass is 9.94. The van der Waals surface area contributed by atoms with Gasteiger partial charge < -0.3 is 19.6 Å². The first kappa shape index (κ1) is 19.0. The number of ether oxygens (including phenoxy) is 2. The number of benzene rings is 1. The van der Waals surface area contributed by atoms with Crippen LogP contribution in [0.3, 0.4) is 0 Å². The van der Waals surface area contributed by atoms with E-state index in [9.17, 15) is 9.59 Å². The maximum absolute atomic E-state index is 12.2. The molecule has 5 heteroatoms. The third kappa shape index (κ3) is 6.30. The minimum Gasteiger partial charge on any atom is -0.497 e. The molecule has 1 aromatic rings. The molecule has 5 nitrogen and oxygen atoms in total. The summed E-state index contributed by atoms with van der Waals surface area (Å²) < 4.78 is 10.2. The maximum Gasteiger partial charge on any atom is 0.329 e. The van der Waals surface area contributed by atoms with Gasteiger partial charge in [0.2, 0.25) is 0 Å². The van der Waals surface area contributed by atoms with Gasteiger partial charge in [-0.1, -0.05) is 26.2 Å². The van der Waals surface area contributed by atoms with Crippen LogP contribution in [0.1, 0.15) is 39.5 Å². The maximum atomic E-state index is 12.2. The van der Waals surface area contributed by atoms with Gasteiger partial charge in [-0.2, -0.15) is 0 Å². The van der Waals surface area contributed by atoms with Gasteiger partial charge in [0.1, 0.15) is 18.1 Å². The highest BCUT2D eigenvalue weighted by Gasteiger charge is 2.29. The van der Waals surface area contributed by atoms with Gasteiger partial charge in [0.25, 0.3) is 0 Å². The monoisotopic (exact) mass is 321 g/mol. The van der Waals surface area contributed by atoms with Crippen LogP contribution >= 0.6 is 0 Å². The molecule has 0 aliphatic carbocycles. The topological polar surface area (TPSA) is 64.6 Å². The molecule has 0 aliphatic heterocycles. The number of hydrogen-bond acceptors (Lipinski definition) is 5. The smallest absolute Gasteiger partial charge is 0.329 e. The van der Waals surface area contributed by atoms with Crippen LogP contribution in [-0.4, -0.2) is 32.0 Å². The van der Waals surface area contributed by atoms with E-state index in [0.717, 1.165) is 37.0 Å². The summed E-state index contributed by atoms with van der Waals surface area (Å²) in [6.45, 7) is 4.16. The summed E-state index contributed by atoms with van der Waals surface area (Å²) >= 11 is 0. The van der Waals surface area contributed by atoms with E-state index in [1.807, 2.05) is 12.1 Å². The molecule has 2 atom stereocenters. The average Bonchev–Trinajstić information content (AvgIpc) is 2.58. The van der Waals surface area contributed by atoms with Gasteiger partial charge in [0, 0.05) is 11.6 Å². The van der Waals surface area contributed by atoms with Crippen molar-refractivity contribution in [2.75, 3.05) is 19.0 Å². The second-order valence-electron chi connectivity index (χ2n) is 5.40.